The summed E-state index contributed by atoms with van der Waals surface area (Å²) in [6, 6.07) is 33.8. The molecule has 0 radical (unpaired) electrons. The first kappa shape index (κ1) is 37.7. The Hall–Kier alpha value is -4.30. The maximum atomic E-state index is 8.99. The summed E-state index contributed by atoms with van der Waals surface area (Å²) < 4.78 is 27.0. The zero-order chi connectivity index (χ0) is 45.5. The monoisotopic (exact) mass is 788 g/mol. The lowest BCUT2D eigenvalue weighted by Gasteiger charge is -2.33. The van der Waals surface area contributed by atoms with Gasteiger partial charge >= 0.3 is 0 Å². The van der Waals surface area contributed by atoms with Crippen molar-refractivity contribution in [2.45, 2.75) is 175 Å². The molecule has 8 rings (SSSR count). The van der Waals surface area contributed by atoms with Gasteiger partial charge in [0, 0.05) is 38.2 Å². The molecule has 0 saturated heterocycles. The van der Waals surface area contributed by atoms with Crippen LogP contribution in [0.25, 0.3) is 0 Å². The maximum absolute atomic E-state index is 8.99. The van der Waals surface area contributed by atoms with E-state index in [0.29, 0.717) is 5.56 Å². The van der Waals surface area contributed by atoms with Crippen molar-refractivity contribution in [2.75, 3.05) is 9.80 Å². The minimum absolute atomic E-state index is 0.0143. The Morgan fingerprint density at radius 2 is 0.814 bits per heavy atom. The van der Waals surface area contributed by atoms with E-state index in [1.54, 1.807) is 0 Å². The first-order valence-electron chi connectivity index (χ1n) is 23.6. The number of hydrogen-bond donors (Lipinski definition) is 0. The lowest BCUT2D eigenvalue weighted by atomic mass is 9.82. The second-order valence-corrected chi connectivity index (χ2v) is 23.7. The number of rotatable bonds is 6. The molecule has 2 heteroatoms. The fourth-order valence-electron chi connectivity index (χ4n) is 12.4. The van der Waals surface area contributed by atoms with Crippen molar-refractivity contribution in [3.05, 3.63) is 141 Å². The fraction of sp³-hybridized carbons (Fsp3) is 0.474. The third kappa shape index (κ3) is 6.95. The van der Waals surface area contributed by atoms with E-state index in [4.69, 9.17) is 4.11 Å². The lowest BCUT2D eigenvalue weighted by Crippen LogP contribution is -2.18. The summed E-state index contributed by atoms with van der Waals surface area (Å²) in [7, 11) is 0. The van der Waals surface area contributed by atoms with Crippen LogP contribution in [0.5, 0.6) is 0 Å². The molecule has 0 N–H and O–H groups in total. The van der Waals surface area contributed by atoms with Gasteiger partial charge in [-0.25, -0.2) is 0 Å². The van der Waals surface area contributed by atoms with Gasteiger partial charge in [0.15, 0.2) is 0 Å². The van der Waals surface area contributed by atoms with E-state index < -0.39 is 6.85 Å². The number of aryl methyl sites for hydroxylation is 2. The van der Waals surface area contributed by atoms with Crippen LogP contribution in [0.2, 0.25) is 0 Å². The molecule has 3 aliphatic carbocycles. The van der Waals surface area contributed by atoms with Crippen LogP contribution in [-0.2, 0) is 37.9 Å². The molecule has 0 unspecified atom stereocenters. The normalized spacial score (nSPS) is 20.8. The number of benzene rings is 5. The van der Waals surface area contributed by atoms with Gasteiger partial charge in [-0.2, -0.15) is 0 Å². The van der Waals surface area contributed by atoms with Crippen molar-refractivity contribution in [3.8, 4) is 0 Å². The lowest BCUT2D eigenvalue weighted by molar-refractivity contribution is 0.402. The van der Waals surface area contributed by atoms with Crippen LogP contribution in [0, 0.1) is 13.8 Å². The molecule has 3 aliphatic rings. The number of nitrogens with zero attached hydrogens (tertiary/aromatic N) is 2. The Kier molecular flexibility index (Phi) is 8.37. The van der Waals surface area contributed by atoms with Crippen LogP contribution in [0.15, 0.2) is 91.0 Å². The molecule has 0 aliphatic heterocycles. The van der Waals surface area contributed by atoms with Crippen LogP contribution in [0.3, 0.4) is 0 Å². The van der Waals surface area contributed by atoms with Crippen LogP contribution < -0.4 is 9.80 Å². The highest BCUT2D eigenvalue weighted by molar-refractivity contribution is 5.86. The fourth-order valence-corrected chi connectivity index (χ4v) is 12.4. The number of anilines is 6. The van der Waals surface area contributed by atoms with E-state index in [-0.39, 0.29) is 37.9 Å². The molecule has 0 heterocycles. The van der Waals surface area contributed by atoms with Crippen LogP contribution in [0.4, 0.5) is 34.1 Å². The highest BCUT2D eigenvalue weighted by Gasteiger charge is 2.45. The van der Waals surface area contributed by atoms with Gasteiger partial charge in [-0.15, -0.1) is 0 Å². The average Bonchev–Trinajstić information content (AvgIpc) is 3.54. The number of hydrogen-bond acceptors (Lipinski definition) is 2. The molecule has 310 valence electrons. The van der Waals surface area contributed by atoms with Gasteiger partial charge in [0.1, 0.15) is 0 Å². The van der Waals surface area contributed by atoms with E-state index >= 15 is 0 Å². The van der Waals surface area contributed by atoms with Crippen LogP contribution in [0.1, 0.15) is 177 Å². The van der Waals surface area contributed by atoms with E-state index in [9.17, 15) is 0 Å². The predicted molar refractivity (Wildman–Crippen MR) is 256 cm³/mol. The zero-order valence-electron chi connectivity index (χ0n) is 42.2. The van der Waals surface area contributed by atoms with Crippen molar-refractivity contribution >= 4 is 34.1 Å². The third-order valence-electron chi connectivity index (χ3n) is 14.5. The van der Waals surface area contributed by atoms with Crippen molar-refractivity contribution in [1.29, 1.82) is 0 Å². The standard InChI is InChI=1S/C57H72N2/c1-36-26-42(58(40-22-24-44-47(30-40)55(12,13)33-52(44,6)7)41-23-25-45-48(31-41)56(14,15)34-53(45,8)9)29-43(27-36)59(39-20-18-38(19-21-39)51(3,4)5)50-32-49-46(28-37(50)2)54(10,11)35-57(49,16)17/h18-32H,33-35H2,1-17H3/i1D3. The van der Waals surface area contributed by atoms with E-state index in [0.717, 1.165) is 53.4 Å². The molecule has 0 amide bonds. The van der Waals surface area contributed by atoms with Crippen LogP contribution in [-0.4, -0.2) is 0 Å². The second-order valence-electron chi connectivity index (χ2n) is 23.7. The third-order valence-corrected chi connectivity index (χ3v) is 14.5. The summed E-state index contributed by atoms with van der Waals surface area (Å²) in [5.74, 6) is 0. The van der Waals surface area contributed by atoms with Crippen molar-refractivity contribution in [1.82, 2.24) is 0 Å². The summed E-state index contributed by atoms with van der Waals surface area (Å²) in [5, 5.41) is 0. The molecule has 0 fully saturated rings. The minimum Gasteiger partial charge on any atom is -0.310 e. The molecule has 59 heavy (non-hydrogen) atoms. The predicted octanol–water partition coefficient (Wildman–Crippen LogP) is 16.4. The average molecular weight is 788 g/mol. The summed E-state index contributed by atoms with van der Waals surface area (Å²) in [6.07, 6.45) is 3.20. The quantitative estimate of drug-likeness (QED) is 0.169. The first-order chi connectivity index (χ1) is 28.3. The van der Waals surface area contributed by atoms with Gasteiger partial charge in [0.05, 0.1) is 0 Å². The van der Waals surface area contributed by atoms with Crippen molar-refractivity contribution < 1.29 is 4.11 Å². The van der Waals surface area contributed by atoms with Crippen molar-refractivity contribution in [2.24, 2.45) is 0 Å². The van der Waals surface area contributed by atoms with Gasteiger partial charge in [0.25, 0.3) is 0 Å². The van der Waals surface area contributed by atoms with Gasteiger partial charge < -0.3 is 9.80 Å². The Morgan fingerprint density at radius 1 is 0.424 bits per heavy atom. The zero-order valence-corrected chi connectivity index (χ0v) is 39.2. The molecular weight excluding hydrogens is 713 g/mol. The second kappa shape index (κ2) is 13.1. The molecule has 5 aromatic rings. The Morgan fingerprint density at radius 3 is 1.25 bits per heavy atom. The number of fused-ring (bicyclic) bond motifs is 3. The molecule has 0 atom stereocenters. The Balaban J connectivity index is 1.42. The van der Waals surface area contributed by atoms with Gasteiger partial charge in [-0.3, -0.25) is 0 Å². The summed E-state index contributed by atoms with van der Waals surface area (Å²) in [6.45, 7) is 35.0. The molecule has 0 spiro atoms. The molecule has 0 bridgehead atoms. The Bertz CT molecular complexity index is 2510. The van der Waals surface area contributed by atoms with Gasteiger partial charge in [-0.05, 0) is 182 Å². The van der Waals surface area contributed by atoms with Gasteiger partial charge in [-0.1, -0.05) is 134 Å². The van der Waals surface area contributed by atoms with E-state index in [1.165, 1.54) is 44.5 Å². The van der Waals surface area contributed by atoms with Gasteiger partial charge in [0.2, 0.25) is 0 Å². The topological polar surface area (TPSA) is 6.48 Å². The molecule has 0 saturated carbocycles. The molecule has 5 aromatic carbocycles. The molecule has 2 nitrogen and oxygen atoms in total. The van der Waals surface area contributed by atoms with E-state index in [1.807, 2.05) is 12.1 Å². The van der Waals surface area contributed by atoms with E-state index in [2.05, 4.69) is 199 Å². The highest BCUT2D eigenvalue weighted by Crippen LogP contribution is 2.55. The first-order valence-corrected chi connectivity index (χ1v) is 22.1. The minimum atomic E-state index is -2.36. The van der Waals surface area contributed by atoms with Crippen molar-refractivity contribution in [3.63, 3.8) is 0 Å². The summed E-state index contributed by atoms with van der Waals surface area (Å²) >= 11 is 0. The molecule has 0 aromatic heterocycles. The largest absolute Gasteiger partial charge is 0.310 e. The molecular formula is C57H72N2. The maximum Gasteiger partial charge on any atom is 0.0493 e. The Labute approximate surface area is 362 Å². The van der Waals surface area contributed by atoms with Crippen LogP contribution >= 0.6 is 0 Å². The smallest absolute Gasteiger partial charge is 0.0493 e. The SMILES string of the molecule is [2H]C([2H])([2H])c1cc(N(c2ccc3c(c2)C(C)(C)CC3(C)C)c2ccc3c(c2)C(C)(C)CC3(C)C)cc(N(c2ccc(C(C)(C)C)cc2)c2cc3c(cc2C)C(C)(C)CC3(C)C)c1. The highest BCUT2D eigenvalue weighted by atomic mass is 15.2. The summed E-state index contributed by atoms with van der Waals surface area (Å²) in [4.78, 5) is 4.66. The summed E-state index contributed by atoms with van der Waals surface area (Å²) in [5.41, 5.74) is 16.9.